The van der Waals surface area contributed by atoms with Gasteiger partial charge in [0, 0.05) is 12.1 Å². The first kappa shape index (κ1) is 18.4. The largest absolute Gasteiger partial charge is 0.465 e. The van der Waals surface area contributed by atoms with Gasteiger partial charge in [0.25, 0.3) is 5.69 Å². The van der Waals surface area contributed by atoms with Crippen LogP contribution in [0.1, 0.15) is 39.1 Å². The SMILES string of the molecule is COC(=O)c1ccc(COC(=O)c2ccc(NC3CC3)c([N+](=O)[O-])c2)cc1. The molecule has 0 unspecified atom stereocenters. The molecular weight excluding hydrogens is 352 g/mol. The molecule has 0 radical (unpaired) electrons. The Morgan fingerprint density at radius 2 is 1.78 bits per heavy atom. The molecule has 2 aromatic rings. The number of methoxy groups -OCH3 is 1. The van der Waals surface area contributed by atoms with Crippen molar-refractivity contribution >= 4 is 23.3 Å². The number of nitro groups is 1. The predicted octanol–water partition coefficient (Wildman–Crippen LogP) is 3.31. The zero-order valence-electron chi connectivity index (χ0n) is 14.6. The number of nitrogens with zero attached hydrogens (tertiary/aromatic N) is 1. The molecule has 8 heteroatoms. The van der Waals surface area contributed by atoms with Gasteiger partial charge in [0.05, 0.1) is 23.2 Å². The molecule has 0 aromatic heterocycles. The van der Waals surface area contributed by atoms with Crippen LogP contribution in [0.4, 0.5) is 11.4 Å². The van der Waals surface area contributed by atoms with E-state index in [-0.39, 0.29) is 23.9 Å². The zero-order valence-corrected chi connectivity index (χ0v) is 14.6. The van der Waals surface area contributed by atoms with E-state index in [1.54, 1.807) is 24.3 Å². The second-order valence-corrected chi connectivity index (χ2v) is 6.17. The van der Waals surface area contributed by atoms with Crippen molar-refractivity contribution in [2.75, 3.05) is 12.4 Å². The average Bonchev–Trinajstić information content (AvgIpc) is 3.50. The summed E-state index contributed by atoms with van der Waals surface area (Å²) >= 11 is 0. The van der Waals surface area contributed by atoms with Crippen molar-refractivity contribution < 1.29 is 24.0 Å². The molecule has 3 rings (SSSR count). The lowest BCUT2D eigenvalue weighted by molar-refractivity contribution is -0.384. The number of hydrogen-bond donors (Lipinski definition) is 1. The Hall–Kier alpha value is -3.42. The monoisotopic (exact) mass is 370 g/mol. The van der Waals surface area contributed by atoms with Gasteiger partial charge in [-0.05, 0) is 42.7 Å². The van der Waals surface area contributed by atoms with E-state index < -0.39 is 16.9 Å². The average molecular weight is 370 g/mol. The molecular formula is C19H18N2O6. The standard InChI is InChI=1S/C19H18N2O6/c1-26-18(22)13-4-2-12(3-5-13)11-27-19(23)14-6-9-16(20-15-7-8-15)17(10-14)21(24)25/h2-6,9-10,15,20H,7-8,11H2,1H3. The van der Waals surface area contributed by atoms with E-state index in [0.29, 0.717) is 16.8 Å². The fourth-order valence-electron chi connectivity index (χ4n) is 2.47. The second kappa shape index (κ2) is 7.86. The van der Waals surface area contributed by atoms with Gasteiger partial charge < -0.3 is 14.8 Å². The lowest BCUT2D eigenvalue weighted by Gasteiger charge is -2.08. The van der Waals surface area contributed by atoms with Crippen molar-refractivity contribution in [1.29, 1.82) is 0 Å². The van der Waals surface area contributed by atoms with E-state index in [1.165, 1.54) is 25.3 Å². The number of hydrogen-bond acceptors (Lipinski definition) is 7. The van der Waals surface area contributed by atoms with Gasteiger partial charge in [-0.25, -0.2) is 9.59 Å². The molecule has 0 atom stereocenters. The van der Waals surface area contributed by atoms with Crippen molar-refractivity contribution in [3.8, 4) is 0 Å². The topological polar surface area (TPSA) is 108 Å². The Labute approximate surface area is 155 Å². The van der Waals surface area contributed by atoms with E-state index >= 15 is 0 Å². The van der Waals surface area contributed by atoms with Gasteiger partial charge in [0.2, 0.25) is 0 Å². The highest BCUT2D eigenvalue weighted by Crippen LogP contribution is 2.31. The molecule has 1 aliphatic rings. The van der Waals surface area contributed by atoms with Crippen LogP contribution in [0.15, 0.2) is 42.5 Å². The van der Waals surface area contributed by atoms with Gasteiger partial charge in [-0.3, -0.25) is 10.1 Å². The number of rotatable bonds is 7. The lowest BCUT2D eigenvalue weighted by Crippen LogP contribution is -2.09. The van der Waals surface area contributed by atoms with Gasteiger partial charge in [-0.15, -0.1) is 0 Å². The summed E-state index contributed by atoms with van der Waals surface area (Å²) in [6.07, 6.45) is 1.96. The van der Waals surface area contributed by atoms with Crippen molar-refractivity contribution in [2.24, 2.45) is 0 Å². The van der Waals surface area contributed by atoms with Crippen LogP contribution in [0, 0.1) is 10.1 Å². The molecule has 8 nitrogen and oxygen atoms in total. The van der Waals surface area contributed by atoms with Crippen molar-refractivity contribution in [2.45, 2.75) is 25.5 Å². The third-order valence-electron chi connectivity index (χ3n) is 4.11. The molecule has 1 saturated carbocycles. The Kier molecular flexibility index (Phi) is 5.35. The van der Waals surface area contributed by atoms with Crippen LogP contribution in [0.2, 0.25) is 0 Å². The molecule has 0 aliphatic heterocycles. The number of ether oxygens (including phenoxy) is 2. The Bertz CT molecular complexity index is 874. The first-order valence-corrected chi connectivity index (χ1v) is 8.37. The lowest BCUT2D eigenvalue weighted by atomic mass is 10.1. The summed E-state index contributed by atoms with van der Waals surface area (Å²) in [7, 11) is 1.29. The number of esters is 2. The van der Waals surface area contributed by atoms with Crippen LogP contribution in [0.5, 0.6) is 0 Å². The first-order valence-electron chi connectivity index (χ1n) is 8.37. The highest BCUT2D eigenvalue weighted by Gasteiger charge is 2.25. The third-order valence-corrected chi connectivity index (χ3v) is 4.11. The smallest absolute Gasteiger partial charge is 0.338 e. The maximum absolute atomic E-state index is 12.2. The zero-order chi connectivity index (χ0) is 19.4. The van der Waals surface area contributed by atoms with Crippen LogP contribution in [0.3, 0.4) is 0 Å². The van der Waals surface area contributed by atoms with Crippen molar-refractivity contribution in [1.82, 2.24) is 0 Å². The number of nitro benzene ring substituents is 1. The fourth-order valence-corrected chi connectivity index (χ4v) is 2.47. The summed E-state index contributed by atoms with van der Waals surface area (Å²) in [4.78, 5) is 34.4. The van der Waals surface area contributed by atoms with Gasteiger partial charge in [-0.1, -0.05) is 12.1 Å². The quantitative estimate of drug-likeness (QED) is 0.452. The third kappa shape index (κ3) is 4.60. The predicted molar refractivity (Wildman–Crippen MR) is 96.6 cm³/mol. The number of nitrogens with one attached hydrogen (secondary N) is 1. The number of carbonyl (C=O) groups excluding carboxylic acids is 2. The Morgan fingerprint density at radius 1 is 1.11 bits per heavy atom. The van der Waals surface area contributed by atoms with Crippen LogP contribution in [-0.2, 0) is 16.1 Å². The summed E-state index contributed by atoms with van der Waals surface area (Å²) in [6, 6.07) is 10.9. The molecule has 140 valence electrons. The van der Waals surface area contributed by atoms with Crippen LogP contribution < -0.4 is 5.32 Å². The number of benzene rings is 2. The Morgan fingerprint density at radius 3 is 2.37 bits per heavy atom. The molecule has 1 aliphatic carbocycles. The molecule has 1 N–H and O–H groups in total. The maximum Gasteiger partial charge on any atom is 0.338 e. The summed E-state index contributed by atoms with van der Waals surface area (Å²) < 4.78 is 9.83. The minimum Gasteiger partial charge on any atom is -0.465 e. The van der Waals surface area contributed by atoms with Crippen molar-refractivity contribution in [3.63, 3.8) is 0 Å². The molecule has 0 bridgehead atoms. The molecule has 1 fully saturated rings. The summed E-state index contributed by atoms with van der Waals surface area (Å²) in [5.41, 5.74) is 1.42. The Balaban J connectivity index is 1.66. The summed E-state index contributed by atoms with van der Waals surface area (Å²) in [5, 5.41) is 14.3. The molecule has 2 aromatic carbocycles. The highest BCUT2D eigenvalue weighted by molar-refractivity contribution is 5.91. The minimum absolute atomic E-state index is 0.0177. The normalized spacial score (nSPS) is 12.9. The minimum atomic E-state index is -0.659. The van der Waals surface area contributed by atoms with E-state index in [4.69, 9.17) is 4.74 Å². The van der Waals surface area contributed by atoms with Gasteiger partial charge in [0.1, 0.15) is 12.3 Å². The molecule has 0 spiro atoms. The molecule has 0 amide bonds. The summed E-state index contributed by atoms with van der Waals surface area (Å²) in [5.74, 6) is -1.11. The summed E-state index contributed by atoms with van der Waals surface area (Å²) in [6.45, 7) is -0.0177. The number of carbonyl (C=O) groups is 2. The second-order valence-electron chi connectivity index (χ2n) is 6.17. The first-order chi connectivity index (χ1) is 13.0. The van der Waals surface area contributed by atoms with E-state index in [9.17, 15) is 19.7 Å². The number of anilines is 1. The van der Waals surface area contributed by atoms with E-state index in [0.717, 1.165) is 12.8 Å². The van der Waals surface area contributed by atoms with Crippen molar-refractivity contribution in [3.05, 3.63) is 69.3 Å². The van der Waals surface area contributed by atoms with Gasteiger partial charge in [0.15, 0.2) is 0 Å². The molecule has 0 saturated heterocycles. The van der Waals surface area contributed by atoms with Crippen LogP contribution >= 0.6 is 0 Å². The molecule has 0 heterocycles. The maximum atomic E-state index is 12.2. The van der Waals surface area contributed by atoms with Crippen LogP contribution in [0.25, 0.3) is 0 Å². The van der Waals surface area contributed by atoms with Gasteiger partial charge >= 0.3 is 11.9 Å². The van der Waals surface area contributed by atoms with E-state index in [1.807, 2.05) is 0 Å². The molecule has 27 heavy (non-hydrogen) atoms. The van der Waals surface area contributed by atoms with E-state index in [2.05, 4.69) is 10.1 Å². The highest BCUT2D eigenvalue weighted by atomic mass is 16.6. The van der Waals surface area contributed by atoms with Gasteiger partial charge in [-0.2, -0.15) is 0 Å². The fraction of sp³-hybridized carbons (Fsp3) is 0.263. The van der Waals surface area contributed by atoms with Crippen LogP contribution in [-0.4, -0.2) is 30.0 Å².